The van der Waals surface area contributed by atoms with Gasteiger partial charge in [-0.3, -0.25) is 10.1 Å². The minimum atomic E-state index is -0.524. The van der Waals surface area contributed by atoms with Gasteiger partial charge in [-0.25, -0.2) is 0 Å². The third kappa shape index (κ3) is 2.84. The highest BCUT2D eigenvalue weighted by atomic mass is 16.6. The molecule has 2 aromatic rings. The molecule has 0 fully saturated rings. The van der Waals surface area contributed by atoms with Gasteiger partial charge in [0, 0.05) is 12.1 Å². The molecule has 7 heteroatoms. The zero-order valence-corrected chi connectivity index (χ0v) is 11.2. The van der Waals surface area contributed by atoms with E-state index in [1.807, 2.05) is 6.07 Å². The Hall–Kier alpha value is -3.27. The Morgan fingerprint density at radius 3 is 2.71 bits per heavy atom. The molecule has 0 unspecified atom stereocenters. The molecule has 3 N–H and O–H groups in total. The number of rotatable bonds is 4. The fraction of sp³-hybridized carbons (Fsp3) is 0.0714. The lowest BCUT2D eigenvalue weighted by Gasteiger charge is -2.14. The van der Waals surface area contributed by atoms with Crippen LogP contribution in [0.3, 0.4) is 0 Å². The van der Waals surface area contributed by atoms with Crippen molar-refractivity contribution in [1.29, 1.82) is 5.26 Å². The van der Waals surface area contributed by atoms with Crippen LogP contribution in [0.25, 0.3) is 0 Å². The van der Waals surface area contributed by atoms with E-state index < -0.39 is 4.92 Å². The fourth-order valence-electron chi connectivity index (χ4n) is 1.84. The average Bonchev–Trinajstić information content (AvgIpc) is 2.49. The molecule has 2 rings (SSSR count). The van der Waals surface area contributed by atoms with E-state index in [0.29, 0.717) is 22.7 Å². The Bertz CT molecular complexity index is 737. The zero-order chi connectivity index (χ0) is 15.4. The molecule has 2 aromatic carbocycles. The number of nitro benzene ring substituents is 1. The van der Waals surface area contributed by atoms with Gasteiger partial charge in [-0.1, -0.05) is 6.07 Å². The van der Waals surface area contributed by atoms with Crippen molar-refractivity contribution in [3.63, 3.8) is 0 Å². The number of para-hydroxylation sites is 1. The van der Waals surface area contributed by atoms with E-state index >= 15 is 0 Å². The van der Waals surface area contributed by atoms with E-state index in [1.165, 1.54) is 25.3 Å². The average molecular weight is 284 g/mol. The molecule has 0 saturated carbocycles. The number of nitrogens with one attached hydrogen (secondary N) is 1. The van der Waals surface area contributed by atoms with Gasteiger partial charge in [-0.2, -0.15) is 5.26 Å². The SMILES string of the molecule is COc1cccc(C#N)c1Nc1ccc([N+](=O)[O-])cc1N. The lowest BCUT2D eigenvalue weighted by Crippen LogP contribution is -2.01. The lowest BCUT2D eigenvalue weighted by atomic mass is 10.1. The molecule has 0 saturated heterocycles. The Kier molecular flexibility index (Phi) is 3.90. The summed E-state index contributed by atoms with van der Waals surface area (Å²) in [7, 11) is 1.49. The van der Waals surface area contributed by atoms with Crippen molar-refractivity contribution in [2.45, 2.75) is 0 Å². The molecular formula is C14H12N4O3. The highest BCUT2D eigenvalue weighted by molar-refractivity contribution is 5.79. The lowest BCUT2D eigenvalue weighted by molar-refractivity contribution is -0.384. The summed E-state index contributed by atoms with van der Waals surface area (Å²) in [4.78, 5) is 10.2. The van der Waals surface area contributed by atoms with Gasteiger partial charge in [0.15, 0.2) is 0 Å². The molecule has 0 spiro atoms. The normalized spacial score (nSPS) is 9.71. The Labute approximate surface area is 120 Å². The van der Waals surface area contributed by atoms with Gasteiger partial charge in [0.2, 0.25) is 0 Å². The number of benzene rings is 2. The Morgan fingerprint density at radius 1 is 1.38 bits per heavy atom. The largest absolute Gasteiger partial charge is 0.495 e. The predicted octanol–water partition coefficient (Wildman–Crippen LogP) is 2.80. The summed E-state index contributed by atoms with van der Waals surface area (Å²) in [5, 5.41) is 22.8. The minimum Gasteiger partial charge on any atom is -0.495 e. The summed E-state index contributed by atoms with van der Waals surface area (Å²) < 4.78 is 5.20. The monoisotopic (exact) mass is 284 g/mol. The van der Waals surface area contributed by atoms with Crippen molar-refractivity contribution in [2.24, 2.45) is 0 Å². The number of nitro groups is 1. The third-order valence-electron chi connectivity index (χ3n) is 2.87. The van der Waals surface area contributed by atoms with Crippen molar-refractivity contribution in [3.8, 4) is 11.8 Å². The smallest absolute Gasteiger partial charge is 0.271 e. The van der Waals surface area contributed by atoms with E-state index in [0.717, 1.165) is 0 Å². The van der Waals surface area contributed by atoms with Gasteiger partial charge in [0.1, 0.15) is 11.8 Å². The molecule has 0 aliphatic carbocycles. The van der Waals surface area contributed by atoms with Crippen LogP contribution in [0.2, 0.25) is 0 Å². The molecule has 0 aliphatic heterocycles. The summed E-state index contributed by atoms with van der Waals surface area (Å²) in [6.45, 7) is 0. The maximum Gasteiger partial charge on any atom is 0.271 e. The topological polar surface area (TPSA) is 114 Å². The molecule has 7 nitrogen and oxygen atoms in total. The van der Waals surface area contributed by atoms with Crippen LogP contribution in [0, 0.1) is 21.4 Å². The quantitative estimate of drug-likeness (QED) is 0.507. The van der Waals surface area contributed by atoms with Gasteiger partial charge in [0.25, 0.3) is 5.69 Å². The number of nitrogen functional groups attached to an aromatic ring is 1. The molecule has 0 amide bonds. The number of methoxy groups -OCH3 is 1. The summed E-state index contributed by atoms with van der Waals surface area (Å²) in [5.41, 5.74) is 7.21. The molecule has 21 heavy (non-hydrogen) atoms. The molecule has 106 valence electrons. The summed E-state index contributed by atoms with van der Waals surface area (Å²) >= 11 is 0. The number of hydrogen-bond acceptors (Lipinski definition) is 6. The van der Waals surface area contributed by atoms with Crippen LogP contribution < -0.4 is 15.8 Å². The number of nitrogens with two attached hydrogens (primary N) is 1. The Morgan fingerprint density at radius 2 is 2.14 bits per heavy atom. The maximum atomic E-state index is 10.7. The molecule has 0 bridgehead atoms. The van der Waals surface area contributed by atoms with E-state index in [-0.39, 0.29) is 11.4 Å². The van der Waals surface area contributed by atoms with Crippen LogP contribution in [0.5, 0.6) is 5.75 Å². The number of nitrogens with zero attached hydrogens (tertiary/aromatic N) is 2. The van der Waals surface area contributed by atoms with Gasteiger partial charge in [0.05, 0.1) is 34.7 Å². The van der Waals surface area contributed by atoms with Crippen LogP contribution >= 0.6 is 0 Å². The summed E-state index contributed by atoms with van der Waals surface area (Å²) in [5.74, 6) is 0.479. The first-order valence-corrected chi connectivity index (χ1v) is 5.95. The van der Waals surface area contributed by atoms with Crippen molar-refractivity contribution in [3.05, 3.63) is 52.1 Å². The van der Waals surface area contributed by atoms with Crippen LogP contribution in [0.15, 0.2) is 36.4 Å². The number of anilines is 3. The highest BCUT2D eigenvalue weighted by Crippen LogP contribution is 2.34. The first-order chi connectivity index (χ1) is 10.1. The fourth-order valence-corrected chi connectivity index (χ4v) is 1.84. The second-order valence-electron chi connectivity index (χ2n) is 4.15. The van der Waals surface area contributed by atoms with Crippen LogP contribution in [-0.2, 0) is 0 Å². The standard InChI is InChI=1S/C14H12N4O3/c1-21-13-4-2-3-9(8-15)14(13)17-12-6-5-10(18(19)20)7-11(12)16/h2-7,17H,16H2,1H3. The van der Waals surface area contributed by atoms with Crippen molar-refractivity contribution >= 4 is 22.7 Å². The second-order valence-corrected chi connectivity index (χ2v) is 4.15. The molecule has 0 aromatic heterocycles. The number of hydrogen-bond donors (Lipinski definition) is 2. The summed E-state index contributed by atoms with van der Waals surface area (Å²) in [6.07, 6.45) is 0. The second kappa shape index (κ2) is 5.79. The van der Waals surface area contributed by atoms with Crippen molar-refractivity contribution < 1.29 is 9.66 Å². The Balaban J connectivity index is 2.44. The first-order valence-electron chi connectivity index (χ1n) is 5.95. The zero-order valence-electron chi connectivity index (χ0n) is 11.2. The van der Waals surface area contributed by atoms with E-state index in [1.54, 1.807) is 18.2 Å². The first kappa shape index (κ1) is 14.1. The van der Waals surface area contributed by atoms with E-state index in [2.05, 4.69) is 5.32 Å². The number of non-ortho nitro benzene ring substituents is 1. The van der Waals surface area contributed by atoms with Gasteiger partial charge in [-0.05, 0) is 18.2 Å². The van der Waals surface area contributed by atoms with Crippen LogP contribution in [0.1, 0.15) is 5.56 Å². The number of nitriles is 1. The van der Waals surface area contributed by atoms with E-state index in [4.69, 9.17) is 15.7 Å². The summed E-state index contributed by atoms with van der Waals surface area (Å²) in [6, 6.07) is 11.1. The van der Waals surface area contributed by atoms with Crippen molar-refractivity contribution in [1.82, 2.24) is 0 Å². The predicted molar refractivity (Wildman–Crippen MR) is 78.5 cm³/mol. The van der Waals surface area contributed by atoms with Gasteiger partial charge >= 0.3 is 0 Å². The third-order valence-corrected chi connectivity index (χ3v) is 2.87. The molecule has 0 heterocycles. The number of ether oxygens (including phenoxy) is 1. The highest BCUT2D eigenvalue weighted by Gasteiger charge is 2.13. The minimum absolute atomic E-state index is 0.0985. The molecular weight excluding hydrogens is 272 g/mol. The van der Waals surface area contributed by atoms with Gasteiger partial charge < -0.3 is 15.8 Å². The van der Waals surface area contributed by atoms with Crippen molar-refractivity contribution in [2.75, 3.05) is 18.2 Å². The molecule has 0 aliphatic rings. The van der Waals surface area contributed by atoms with E-state index in [9.17, 15) is 10.1 Å². The van der Waals surface area contributed by atoms with Crippen LogP contribution in [0.4, 0.5) is 22.7 Å². The molecule has 0 atom stereocenters. The molecule has 0 radical (unpaired) electrons. The maximum absolute atomic E-state index is 10.7. The van der Waals surface area contributed by atoms with Crippen LogP contribution in [-0.4, -0.2) is 12.0 Å². The van der Waals surface area contributed by atoms with Gasteiger partial charge in [-0.15, -0.1) is 0 Å².